The van der Waals surface area contributed by atoms with Gasteiger partial charge in [0, 0.05) is 43.0 Å². The van der Waals surface area contributed by atoms with Gasteiger partial charge < -0.3 is 14.3 Å². The van der Waals surface area contributed by atoms with Gasteiger partial charge in [-0.15, -0.1) is 0 Å². The summed E-state index contributed by atoms with van der Waals surface area (Å²) in [6.07, 6.45) is 1.73. The molecule has 1 saturated heterocycles. The van der Waals surface area contributed by atoms with Crippen LogP contribution in [0.1, 0.15) is 42.7 Å². The Bertz CT molecular complexity index is 1160. The summed E-state index contributed by atoms with van der Waals surface area (Å²) in [6, 6.07) is 8.20. The van der Waals surface area contributed by atoms with E-state index in [2.05, 4.69) is 35.9 Å². The summed E-state index contributed by atoms with van der Waals surface area (Å²) in [5.74, 6) is 0.247. The van der Waals surface area contributed by atoms with Gasteiger partial charge in [-0.25, -0.2) is 4.98 Å². The summed E-state index contributed by atoms with van der Waals surface area (Å²) in [4.78, 5) is 22.7. The van der Waals surface area contributed by atoms with Gasteiger partial charge in [0.25, 0.3) is 5.56 Å². The van der Waals surface area contributed by atoms with E-state index in [4.69, 9.17) is 15.0 Å². The highest BCUT2D eigenvalue weighted by molar-refractivity contribution is 5.88. The molecule has 156 valence electrons. The van der Waals surface area contributed by atoms with Crippen LogP contribution in [0.3, 0.4) is 0 Å². The fourth-order valence-electron chi connectivity index (χ4n) is 4.21. The first-order valence-corrected chi connectivity index (χ1v) is 10.3. The lowest BCUT2D eigenvalue weighted by molar-refractivity contribution is -0.0275. The Kier molecular flexibility index (Phi) is 5.46. The molecule has 0 saturated carbocycles. The molecule has 0 aromatic carbocycles. The molecule has 4 heterocycles. The molecular formula is C23H27N5O2. The molecule has 1 atom stereocenters. The van der Waals surface area contributed by atoms with E-state index < -0.39 is 0 Å². The number of pyridine rings is 2. The number of nitriles is 1. The third kappa shape index (κ3) is 3.64. The van der Waals surface area contributed by atoms with Crippen molar-refractivity contribution in [2.45, 2.75) is 32.8 Å². The van der Waals surface area contributed by atoms with Gasteiger partial charge in [-0.2, -0.15) is 5.26 Å². The predicted octanol–water partition coefficient (Wildman–Crippen LogP) is 3.26. The van der Waals surface area contributed by atoms with Crippen LogP contribution in [-0.2, 0) is 11.8 Å². The quantitative estimate of drug-likeness (QED) is 0.673. The third-order valence-corrected chi connectivity index (χ3v) is 5.70. The van der Waals surface area contributed by atoms with Gasteiger partial charge >= 0.3 is 0 Å². The van der Waals surface area contributed by atoms with Crippen molar-refractivity contribution in [1.82, 2.24) is 19.4 Å². The van der Waals surface area contributed by atoms with Crippen LogP contribution in [-0.4, -0.2) is 45.7 Å². The predicted molar refractivity (Wildman–Crippen MR) is 116 cm³/mol. The topological polar surface area (TPSA) is 86.9 Å². The Labute approximate surface area is 175 Å². The number of hydrogen-bond acceptors (Lipinski definition) is 5. The van der Waals surface area contributed by atoms with Crippen LogP contribution in [0.25, 0.3) is 22.3 Å². The van der Waals surface area contributed by atoms with E-state index in [9.17, 15) is 4.79 Å². The van der Waals surface area contributed by atoms with Crippen molar-refractivity contribution >= 4 is 11.0 Å². The molecule has 0 bridgehead atoms. The summed E-state index contributed by atoms with van der Waals surface area (Å²) in [6.45, 7) is 8.58. The van der Waals surface area contributed by atoms with Gasteiger partial charge in [0.05, 0.1) is 41.6 Å². The summed E-state index contributed by atoms with van der Waals surface area (Å²) in [5.41, 5.74) is 6.62. The van der Waals surface area contributed by atoms with Crippen molar-refractivity contribution in [2.24, 2.45) is 7.05 Å². The Balaban J connectivity index is 1.80. The number of aryl methyl sites for hydroxylation is 2. The second-order valence-corrected chi connectivity index (χ2v) is 8.28. The highest BCUT2D eigenvalue weighted by Gasteiger charge is 2.25. The number of ether oxygens (including phenoxy) is 1. The number of aromatic amines is 1. The first-order chi connectivity index (χ1) is 14.4. The van der Waals surface area contributed by atoms with E-state index in [1.54, 1.807) is 11.6 Å². The van der Waals surface area contributed by atoms with Gasteiger partial charge in [-0.05, 0) is 31.0 Å². The van der Waals surface area contributed by atoms with E-state index in [1.165, 1.54) is 0 Å². The summed E-state index contributed by atoms with van der Waals surface area (Å²) in [5, 5.41) is 9.01. The average molecular weight is 406 g/mol. The van der Waals surface area contributed by atoms with E-state index in [-0.39, 0.29) is 17.6 Å². The lowest BCUT2D eigenvalue weighted by atomic mass is 9.98. The van der Waals surface area contributed by atoms with Crippen molar-refractivity contribution in [3.05, 3.63) is 51.6 Å². The third-order valence-electron chi connectivity index (χ3n) is 5.70. The van der Waals surface area contributed by atoms with Gasteiger partial charge in [0.1, 0.15) is 6.10 Å². The van der Waals surface area contributed by atoms with Crippen LogP contribution in [0.4, 0.5) is 0 Å². The zero-order valence-corrected chi connectivity index (χ0v) is 17.9. The number of rotatable bonds is 4. The first-order valence-electron chi connectivity index (χ1n) is 10.3. The Morgan fingerprint density at radius 1 is 1.40 bits per heavy atom. The average Bonchev–Trinajstić information content (AvgIpc) is 3.11. The van der Waals surface area contributed by atoms with E-state index in [0.717, 1.165) is 40.1 Å². The maximum Gasteiger partial charge on any atom is 0.253 e. The lowest BCUT2D eigenvalue weighted by Crippen LogP contribution is -2.38. The zero-order valence-electron chi connectivity index (χ0n) is 17.9. The Morgan fingerprint density at radius 2 is 2.20 bits per heavy atom. The summed E-state index contributed by atoms with van der Waals surface area (Å²) >= 11 is 0. The molecule has 4 rings (SSSR count). The van der Waals surface area contributed by atoms with Crippen molar-refractivity contribution in [2.75, 3.05) is 26.2 Å². The normalized spacial score (nSPS) is 17.5. The van der Waals surface area contributed by atoms with Crippen LogP contribution >= 0.6 is 0 Å². The summed E-state index contributed by atoms with van der Waals surface area (Å²) < 4.78 is 7.59. The standard InChI is InChI=1S/C23H27N5O2/c1-14(2)20-21(16-11-15(3)23(29)27(4)12-16)26-18-6-5-17(25-22(18)20)19-13-28(8-7-24)9-10-30-19/h5-6,11-12,14,19,26H,8-10,13H2,1-4H3. The van der Waals surface area contributed by atoms with Crippen molar-refractivity contribution < 1.29 is 4.74 Å². The fourth-order valence-corrected chi connectivity index (χ4v) is 4.21. The minimum atomic E-state index is -0.144. The van der Waals surface area contributed by atoms with Crippen LogP contribution in [0.5, 0.6) is 0 Å². The first kappa shape index (κ1) is 20.3. The molecule has 3 aromatic heterocycles. The molecule has 1 aliphatic heterocycles. The number of H-pyrrole nitrogens is 1. The van der Waals surface area contributed by atoms with Gasteiger partial charge in [0.15, 0.2) is 0 Å². The largest absolute Gasteiger partial charge is 0.369 e. The van der Waals surface area contributed by atoms with Crippen molar-refractivity contribution in [3.8, 4) is 17.3 Å². The molecule has 7 heteroatoms. The minimum Gasteiger partial charge on any atom is -0.369 e. The number of hydrogen-bond donors (Lipinski definition) is 1. The molecule has 0 spiro atoms. The monoisotopic (exact) mass is 405 g/mol. The van der Waals surface area contributed by atoms with Crippen LogP contribution < -0.4 is 5.56 Å². The number of aromatic nitrogens is 3. The second-order valence-electron chi connectivity index (χ2n) is 8.28. The van der Waals surface area contributed by atoms with Crippen LogP contribution in [0.2, 0.25) is 0 Å². The highest BCUT2D eigenvalue weighted by Crippen LogP contribution is 2.35. The molecule has 0 amide bonds. The molecule has 1 fully saturated rings. The van der Waals surface area contributed by atoms with Gasteiger partial charge in [0.2, 0.25) is 0 Å². The number of morpholine rings is 1. The number of nitrogens with zero attached hydrogens (tertiary/aromatic N) is 4. The molecular weight excluding hydrogens is 378 g/mol. The molecule has 7 nitrogen and oxygen atoms in total. The molecule has 1 aliphatic rings. The van der Waals surface area contributed by atoms with Gasteiger partial charge in [-0.3, -0.25) is 9.69 Å². The van der Waals surface area contributed by atoms with E-state index >= 15 is 0 Å². The highest BCUT2D eigenvalue weighted by atomic mass is 16.5. The van der Waals surface area contributed by atoms with E-state index in [0.29, 0.717) is 25.3 Å². The number of fused-ring (bicyclic) bond motifs is 1. The smallest absolute Gasteiger partial charge is 0.253 e. The second kappa shape index (κ2) is 8.05. The molecule has 3 aromatic rings. The SMILES string of the molecule is Cc1cc(-c2[nH]c3ccc(C4CN(CC#N)CCO4)nc3c2C(C)C)cn(C)c1=O. The van der Waals surface area contributed by atoms with Crippen LogP contribution in [0, 0.1) is 18.3 Å². The van der Waals surface area contributed by atoms with Crippen molar-refractivity contribution in [3.63, 3.8) is 0 Å². The molecule has 1 N–H and O–H groups in total. The molecule has 1 unspecified atom stereocenters. The van der Waals surface area contributed by atoms with Crippen LogP contribution in [0.15, 0.2) is 29.2 Å². The fraction of sp³-hybridized carbons (Fsp3) is 0.435. The van der Waals surface area contributed by atoms with E-state index in [1.807, 2.05) is 25.3 Å². The maximum absolute atomic E-state index is 12.1. The molecule has 0 aliphatic carbocycles. The summed E-state index contributed by atoms with van der Waals surface area (Å²) in [7, 11) is 1.78. The Morgan fingerprint density at radius 3 is 2.90 bits per heavy atom. The molecule has 30 heavy (non-hydrogen) atoms. The number of nitrogens with one attached hydrogen (secondary N) is 1. The maximum atomic E-state index is 12.1. The lowest BCUT2D eigenvalue weighted by Gasteiger charge is -2.30. The molecule has 0 radical (unpaired) electrons. The minimum absolute atomic E-state index is 0.0118. The Hall–Kier alpha value is -2.95. The van der Waals surface area contributed by atoms with Crippen molar-refractivity contribution in [1.29, 1.82) is 5.26 Å². The zero-order chi connectivity index (χ0) is 21.4. The van der Waals surface area contributed by atoms with Gasteiger partial charge in [-0.1, -0.05) is 13.8 Å².